The maximum Gasteiger partial charge on any atom is 0.337 e. The van der Waals surface area contributed by atoms with Gasteiger partial charge >= 0.3 is 5.97 Å². The molecule has 1 unspecified atom stereocenters. The van der Waals surface area contributed by atoms with E-state index in [-0.39, 0.29) is 18.4 Å². The quantitative estimate of drug-likeness (QED) is 0.362. The highest BCUT2D eigenvalue weighted by Gasteiger charge is 2.36. The Morgan fingerprint density at radius 3 is 2.31 bits per heavy atom. The highest BCUT2D eigenvalue weighted by atomic mass is 16.5. The summed E-state index contributed by atoms with van der Waals surface area (Å²) in [5, 5.41) is 12.0. The first-order chi connectivity index (χ1) is 19.0. The Kier molecular flexibility index (Phi) is 7.81. The first-order valence-corrected chi connectivity index (χ1v) is 12.9. The molecule has 2 aliphatic rings. The molecule has 0 saturated carbocycles. The predicted molar refractivity (Wildman–Crippen MR) is 148 cm³/mol. The van der Waals surface area contributed by atoms with Gasteiger partial charge in [-0.15, -0.1) is 0 Å². The number of esters is 1. The molecule has 0 aromatic heterocycles. The van der Waals surface area contributed by atoms with Crippen LogP contribution in [0, 0.1) is 0 Å². The fourth-order valence-corrected chi connectivity index (χ4v) is 5.00. The number of rotatable bonds is 7. The summed E-state index contributed by atoms with van der Waals surface area (Å²) < 4.78 is 4.81. The van der Waals surface area contributed by atoms with Gasteiger partial charge < -0.3 is 20.1 Å². The number of hydrogen-bond donors (Lipinski definition) is 2. The second-order valence-corrected chi connectivity index (χ2v) is 9.48. The molecule has 3 aromatic rings. The highest BCUT2D eigenvalue weighted by Crippen LogP contribution is 2.37. The summed E-state index contributed by atoms with van der Waals surface area (Å²) in [6.07, 6.45) is 0. The molecule has 9 nitrogen and oxygen atoms in total. The average molecular weight is 527 g/mol. The molecule has 0 bridgehead atoms. The van der Waals surface area contributed by atoms with Crippen LogP contribution in [-0.4, -0.2) is 84.8 Å². The number of carbonyl (C=O) groups is 3. The van der Waals surface area contributed by atoms with Crippen molar-refractivity contribution in [2.24, 2.45) is 4.99 Å². The lowest BCUT2D eigenvalue weighted by atomic mass is 9.90. The van der Waals surface area contributed by atoms with Crippen LogP contribution in [0.25, 0.3) is 0 Å². The molecule has 9 heteroatoms. The van der Waals surface area contributed by atoms with Crippen LogP contribution < -0.4 is 5.32 Å². The normalized spacial score (nSPS) is 17.5. The molecule has 0 spiro atoms. The van der Waals surface area contributed by atoms with Crippen LogP contribution in [0.3, 0.4) is 0 Å². The van der Waals surface area contributed by atoms with Gasteiger partial charge in [0.25, 0.3) is 5.91 Å². The molecule has 0 radical (unpaired) electrons. The van der Waals surface area contributed by atoms with Crippen molar-refractivity contribution in [3.63, 3.8) is 0 Å². The largest absolute Gasteiger partial charge is 0.465 e. The summed E-state index contributed by atoms with van der Waals surface area (Å²) in [5.41, 5.74) is 4.18. The molecule has 1 atom stereocenters. The first kappa shape index (κ1) is 26.3. The van der Waals surface area contributed by atoms with Gasteiger partial charge in [0.2, 0.25) is 5.91 Å². The molecular weight excluding hydrogens is 496 g/mol. The Labute approximate surface area is 226 Å². The van der Waals surface area contributed by atoms with Crippen molar-refractivity contribution in [3.05, 3.63) is 95.1 Å². The van der Waals surface area contributed by atoms with Gasteiger partial charge in [0.1, 0.15) is 5.92 Å². The van der Waals surface area contributed by atoms with Gasteiger partial charge in [-0.2, -0.15) is 0 Å². The lowest BCUT2D eigenvalue weighted by Gasteiger charge is -2.34. The molecule has 0 aliphatic carbocycles. The van der Waals surface area contributed by atoms with Crippen molar-refractivity contribution < 1.29 is 24.2 Å². The number of aliphatic hydroxyl groups is 1. The Bertz CT molecular complexity index is 1400. The van der Waals surface area contributed by atoms with E-state index < -0.39 is 11.9 Å². The number of β-amino-alcohol motifs (C(OH)–C–C–N with tert-alkyl or cyclic N) is 1. The van der Waals surface area contributed by atoms with Crippen LogP contribution >= 0.6 is 0 Å². The van der Waals surface area contributed by atoms with E-state index in [1.807, 2.05) is 35.2 Å². The van der Waals surface area contributed by atoms with Gasteiger partial charge in [-0.1, -0.05) is 36.4 Å². The van der Waals surface area contributed by atoms with Crippen molar-refractivity contribution in [1.29, 1.82) is 0 Å². The zero-order valence-electron chi connectivity index (χ0n) is 21.7. The van der Waals surface area contributed by atoms with E-state index in [2.05, 4.69) is 10.2 Å². The van der Waals surface area contributed by atoms with Crippen LogP contribution in [-0.2, 0) is 9.53 Å². The zero-order chi connectivity index (χ0) is 27.4. The van der Waals surface area contributed by atoms with Crippen molar-refractivity contribution in [3.8, 4) is 0 Å². The monoisotopic (exact) mass is 526 g/mol. The molecule has 3 aromatic carbocycles. The van der Waals surface area contributed by atoms with Crippen molar-refractivity contribution >= 4 is 34.9 Å². The number of hydrogen-bond acceptors (Lipinski definition) is 7. The highest BCUT2D eigenvalue weighted by molar-refractivity contribution is 6.24. The number of benzene rings is 3. The lowest BCUT2D eigenvalue weighted by molar-refractivity contribution is -0.115. The third-order valence-corrected chi connectivity index (χ3v) is 7.09. The first-order valence-electron chi connectivity index (χ1n) is 12.9. The van der Waals surface area contributed by atoms with Gasteiger partial charge in [-0.25, -0.2) is 4.79 Å². The summed E-state index contributed by atoms with van der Waals surface area (Å²) in [5.74, 6) is -1.43. The molecule has 2 aliphatic heterocycles. The maximum atomic E-state index is 13.2. The van der Waals surface area contributed by atoms with Crippen molar-refractivity contribution in [1.82, 2.24) is 9.80 Å². The van der Waals surface area contributed by atoms with Crippen LogP contribution in [0.15, 0.2) is 77.8 Å². The molecule has 2 N–H and O–H groups in total. The Morgan fingerprint density at radius 2 is 1.64 bits per heavy atom. The topological polar surface area (TPSA) is 112 Å². The van der Waals surface area contributed by atoms with Crippen LogP contribution in [0.1, 0.15) is 37.8 Å². The summed E-state index contributed by atoms with van der Waals surface area (Å²) in [4.78, 5) is 47.1. The minimum Gasteiger partial charge on any atom is -0.465 e. The summed E-state index contributed by atoms with van der Waals surface area (Å²) in [6.45, 7) is 3.44. The number of methoxy groups -OCH3 is 1. The number of fused-ring (bicyclic) bond motifs is 1. The number of carbonyl (C=O) groups excluding carboxylic acids is 3. The van der Waals surface area contributed by atoms with Crippen LogP contribution in [0.5, 0.6) is 0 Å². The molecule has 5 rings (SSSR count). The third-order valence-electron chi connectivity index (χ3n) is 7.09. The van der Waals surface area contributed by atoms with Crippen LogP contribution in [0.2, 0.25) is 0 Å². The van der Waals surface area contributed by atoms with Crippen molar-refractivity contribution in [2.45, 2.75) is 5.92 Å². The van der Waals surface area contributed by atoms with Gasteiger partial charge in [0, 0.05) is 44.0 Å². The van der Waals surface area contributed by atoms with E-state index in [9.17, 15) is 14.4 Å². The van der Waals surface area contributed by atoms with Crippen molar-refractivity contribution in [2.75, 3.05) is 51.8 Å². The van der Waals surface area contributed by atoms with E-state index in [0.29, 0.717) is 47.8 Å². The smallest absolute Gasteiger partial charge is 0.337 e. The molecule has 2 amide bonds. The van der Waals surface area contributed by atoms with E-state index in [4.69, 9.17) is 14.8 Å². The molecule has 1 fully saturated rings. The van der Waals surface area contributed by atoms with E-state index in [0.717, 1.165) is 24.2 Å². The summed E-state index contributed by atoms with van der Waals surface area (Å²) in [7, 11) is 1.31. The SMILES string of the molecule is COC(=O)c1ccc2c(c1)NC(=O)C2C(=Nc1ccc(C(=O)N2CCN(CCO)CC2)cc1)c1ccccc1. The lowest BCUT2D eigenvalue weighted by Crippen LogP contribution is -2.49. The van der Waals surface area contributed by atoms with Crippen LogP contribution in [0.4, 0.5) is 11.4 Å². The third kappa shape index (κ3) is 5.59. The number of nitrogens with one attached hydrogen (secondary N) is 1. The molecule has 2 heterocycles. The molecule has 200 valence electrons. The maximum absolute atomic E-state index is 13.2. The standard InChI is InChI=1S/C30H30N4O5/c1-39-30(38)22-9-12-24-25(19-22)32-28(36)26(24)27(20-5-3-2-4-6-20)31-23-10-7-21(8-11-23)29(37)34-15-13-33(14-16-34)17-18-35/h2-12,19,26,35H,13-18H2,1H3,(H,32,36). The zero-order valence-corrected chi connectivity index (χ0v) is 21.7. The Morgan fingerprint density at radius 1 is 0.949 bits per heavy atom. The Balaban J connectivity index is 1.42. The summed E-state index contributed by atoms with van der Waals surface area (Å²) in [6, 6.07) is 21.6. The number of ether oxygens (including phenoxy) is 1. The summed E-state index contributed by atoms with van der Waals surface area (Å²) >= 11 is 0. The number of anilines is 1. The van der Waals surface area contributed by atoms with Gasteiger partial charge in [0.15, 0.2) is 0 Å². The van der Waals surface area contributed by atoms with E-state index >= 15 is 0 Å². The predicted octanol–water partition coefficient (Wildman–Crippen LogP) is 3.08. The molecule has 39 heavy (non-hydrogen) atoms. The number of amides is 2. The number of nitrogens with zero attached hydrogens (tertiary/aromatic N) is 3. The second-order valence-electron chi connectivity index (χ2n) is 9.48. The van der Waals surface area contributed by atoms with Gasteiger partial charge in [-0.3, -0.25) is 19.5 Å². The van der Waals surface area contributed by atoms with Gasteiger partial charge in [-0.05, 0) is 47.5 Å². The van der Waals surface area contributed by atoms with E-state index in [1.165, 1.54) is 7.11 Å². The Hall–Kier alpha value is -4.34. The average Bonchev–Trinajstić information content (AvgIpc) is 3.31. The van der Waals surface area contributed by atoms with E-state index in [1.54, 1.807) is 42.5 Å². The fourth-order valence-electron chi connectivity index (χ4n) is 5.00. The minimum atomic E-state index is -0.675. The fraction of sp³-hybridized carbons (Fsp3) is 0.267. The number of aliphatic hydroxyl groups excluding tert-OH is 1. The second kappa shape index (κ2) is 11.6. The minimum absolute atomic E-state index is 0.0389. The number of aliphatic imine (C=N–C) groups is 1. The number of piperazine rings is 1. The molecule has 1 saturated heterocycles. The molecular formula is C30H30N4O5. The van der Waals surface area contributed by atoms with Gasteiger partial charge in [0.05, 0.1) is 30.7 Å².